The quantitative estimate of drug-likeness (QED) is 0.859. The lowest BCUT2D eigenvalue weighted by molar-refractivity contribution is 0.274. The van der Waals surface area contributed by atoms with E-state index in [-0.39, 0.29) is 11.2 Å². The summed E-state index contributed by atoms with van der Waals surface area (Å²) < 4.78 is 18.2. The summed E-state index contributed by atoms with van der Waals surface area (Å²) in [7, 11) is 1.55. The lowest BCUT2D eigenvalue weighted by atomic mass is 9.82. The van der Waals surface area contributed by atoms with E-state index < -0.39 is 0 Å². The maximum absolute atomic E-state index is 13.0. The van der Waals surface area contributed by atoms with Crippen LogP contribution in [0.3, 0.4) is 0 Å². The van der Waals surface area contributed by atoms with Gasteiger partial charge in [-0.1, -0.05) is 27.7 Å². The van der Waals surface area contributed by atoms with Gasteiger partial charge in [-0.2, -0.15) is 0 Å². The second kappa shape index (κ2) is 5.39. The van der Waals surface area contributed by atoms with Crippen molar-refractivity contribution in [3.05, 3.63) is 24.0 Å². The number of ether oxygens (including phenoxy) is 1. The number of hydrogen-bond donors (Lipinski definition) is 1. The summed E-state index contributed by atoms with van der Waals surface area (Å²) in [6, 6.07) is 4.54. The van der Waals surface area contributed by atoms with E-state index in [4.69, 9.17) is 4.74 Å². The second-order valence-corrected chi connectivity index (χ2v) is 5.49. The molecule has 0 saturated heterocycles. The van der Waals surface area contributed by atoms with Gasteiger partial charge in [-0.25, -0.2) is 4.39 Å². The Morgan fingerprint density at radius 3 is 2.53 bits per heavy atom. The fourth-order valence-electron chi connectivity index (χ4n) is 1.38. The number of anilines is 1. The summed E-state index contributed by atoms with van der Waals surface area (Å²) in [6.07, 6.45) is 0. The molecule has 1 atom stereocenters. The Morgan fingerprint density at radius 2 is 2.00 bits per heavy atom. The average molecular weight is 239 g/mol. The van der Waals surface area contributed by atoms with Crippen molar-refractivity contribution in [3.63, 3.8) is 0 Å². The molecule has 1 aromatic rings. The van der Waals surface area contributed by atoms with Crippen LogP contribution in [-0.4, -0.2) is 13.7 Å². The lowest BCUT2D eigenvalue weighted by Gasteiger charge is -2.28. The fourth-order valence-corrected chi connectivity index (χ4v) is 1.38. The standard InChI is InChI=1S/C14H22FNO/c1-10(14(2,3)4)9-16-12-7-6-11(15)8-13(12)17-5/h6-8,10,16H,9H2,1-5H3. The van der Waals surface area contributed by atoms with Crippen LogP contribution in [0.4, 0.5) is 10.1 Å². The molecule has 0 aliphatic rings. The summed E-state index contributed by atoms with van der Waals surface area (Å²) in [4.78, 5) is 0. The molecule has 1 rings (SSSR count). The van der Waals surface area contributed by atoms with Gasteiger partial charge < -0.3 is 10.1 Å². The number of nitrogens with one attached hydrogen (secondary N) is 1. The van der Waals surface area contributed by atoms with Gasteiger partial charge in [0.15, 0.2) is 0 Å². The molecule has 0 heterocycles. The Hall–Kier alpha value is -1.25. The molecule has 17 heavy (non-hydrogen) atoms. The smallest absolute Gasteiger partial charge is 0.144 e. The average Bonchev–Trinajstić information content (AvgIpc) is 2.25. The van der Waals surface area contributed by atoms with E-state index in [0.717, 1.165) is 12.2 Å². The number of rotatable bonds is 4. The molecule has 0 amide bonds. The van der Waals surface area contributed by atoms with E-state index in [2.05, 4.69) is 33.0 Å². The van der Waals surface area contributed by atoms with E-state index in [0.29, 0.717) is 11.7 Å². The highest BCUT2D eigenvalue weighted by Crippen LogP contribution is 2.28. The number of hydrogen-bond acceptors (Lipinski definition) is 2. The van der Waals surface area contributed by atoms with Gasteiger partial charge in [0.05, 0.1) is 12.8 Å². The van der Waals surface area contributed by atoms with E-state index in [1.165, 1.54) is 12.1 Å². The molecular formula is C14H22FNO. The second-order valence-electron chi connectivity index (χ2n) is 5.49. The first kappa shape index (κ1) is 13.8. The molecule has 96 valence electrons. The Labute approximate surface area is 103 Å². The van der Waals surface area contributed by atoms with Crippen LogP contribution in [0.25, 0.3) is 0 Å². The highest BCUT2D eigenvalue weighted by atomic mass is 19.1. The van der Waals surface area contributed by atoms with Crippen molar-refractivity contribution in [1.29, 1.82) is 0 Å². The van der Waals surface area contributed by atoms with Gasteiger partial charge in [0, 0.05) is 12.6 Å². The lowest BCUT2D eigenvalue weighted by Crippen LogP contribution is -2.24. The first-order chi connectivity index (χ1) is 7.84. The van der Waals surface area contributed by atoms with E-state index in [1.54, 1.807) is 13.2 Å². The molecule has 1 unspecified atom stereocenters. The van der Waals surface area contributed by atoms with Gasteiger partial charge in [0.25, 0.3) is 0 Å². The third-order valence-electron chi connectivity index (χ3n) is 3.24. The van der Waals surface area contributed by atoms with Crippen molar-refractivity contribution in [2.24, 2.45) is 11.3 Å². The van der Waals surface area contributed by atoms with Crippen LogP contribution >= 0.6 is 0 Å². The summed E-state index contributed by atoms with van der Waals surface area (Å²) in [6.45, 7) is 9.66. The molecule has 0 radical (unpaired) electrons. The van der Waals surface area contributed by atoms with Gasteiger partial charge >= 0.3 is 0 Å². The molecule has 0 fully saturated rings. The molecule has 1 N–H and O–H groups in total. The minimum Gasteiger partial charge on any atom is -0.494 e. The zero-order valence-corrected chi connectivity index (χ0v) is 11.3. The van der Waals surface area contributed by atoms with Crippen molar-refractivity contribution in [1.82, 2.24) is 0 Å². The molecule has 0 aliphatic carbocycles. The third kappa shape index (κ3) is 3.91. The maximum Gasteiger partial charge on any atom is 0.144 e. The van der Waals surface area contributed by atoms with Gasteiger partial charge in [0.2, 0.25) is 0 Å². The van der Waals surface area contributed by atoms with Crippen LogP contribution in [0, 0.1) is 17.2 Å². The van der Waals surface area contributed by atoms with Crippen LogP contribution in [0.1, 0.15) is 27.7 Å². The zero-order chi connectivity index (χ0) is 13.1. The SMILES string of the molecule is COc1cc(F)ccc1NCC(C)C(C)(C)C. The zero-order valence-electron chi connectivity index (χ0n) is 11.3. The van der Waals surface area contributed by atoms with Crippen LogP contribution < -0.4 is 10.1 Å². The first-order valence-electron chi connectivity index (χ1n) is 5.92. The van der Waals surface area contributed by atoms with E-state index >= 15 is 0 Å². The Morgan fingerprint density at radius 1 is 1.35 bits per heavy atom. The van der Waals surface area contributed by atoms with Gasteiger partial charge in [-0.05, 0) is 23.5 Å². The number of halogens is 1. The molecule has 3 heteroatoms. The molecule has 0 spiro atoms. The molecule has 0 aliphatic heterocycles. The molecule has 2 nitrogen and oxygen atoms in total. The van der Waals surface area contributed by atoms with E-state index in [9.17, 15) is 4.39 Å². The highest BCUT2D eigenvalue weighted by Gasteiger charge is 2.19. The Bertz CT molecular complexity index is 371. The summed E-state index contributed by atoms with van der Waals surface area (Å²) in [5, 5.41) is 3.31. The van der Waals surface area contributed by atoms with Crippen molar-refractivity contribution < 1.29 is 9.13 Å². The summed E-state index contributed by atoms with van der Waals surface area (Å²) in [5.74, 6) is 0.777. The monoisotopic (exact) mass is 239 g/mol. The van der Waals surface area contributed by atoms with Gasteiger partial charge in [-0.15, -0.1) is 0 Å². The normalized spacial score (nSPS) is 13.3. The molecule has 1 aromatic carbocycles. The largest absolute Gasteiger partial charge is 0.494 e. The van der Waals surface area contributed by atoms with Gasteiger partial charge in [0.1, 0.15) is 11.6 Å². The number of benzene rings is 1. The van der Waals surface area contributed by atoms with Crippen LogP contribution in [0.2, 0.25) is 0 Å². The minimum atomic E-state index is -0.281. The topological polar surface area (TPSA) is 21.3 Å². The predicted molar refractivity (Wildman–Crippen MR) is 70.1 cm³/mol. The Balaban J connectivity index is 2.69. The highest BCUT2D eigenvalue weighted by molar-refractivity contribution is 5.56. The maximum atomic E-state index is 13.0. The van der Waals surface area contributed by atoms with Crippen LogP contribution in [0.5, 0.6) is 5.75 Å². The third-order valence-corrected chi connectivity index (χ3v) is 3.24. The molecular weight excluding hydrogens is 217 g/mol. The summed E-state index contributed by atoms with van der Waals surface area (Å²) in [5.41, 5.74) is 1.09. The Kier molecular flexibility index (Phi) is 4.38. The predicted octanol–water partition coefficient (Wildman–Crippen LogP) is 3.93. The van der Waals surface area contributed by atoms with Crippen molar-refractivity contribution >= 4 is 5.69 Å². The van der Waals surface area contributed by atoms with E-state index in [1.807, 2.05) is 0 Å². The molecule has 0 aromatic heterocycles. The van der Waals surface area contributed by atoms with Crippen LogP contribution in [-0.2, 0) is 0 Å². The van der Waals surface area contributed by atoms with Crippen molar-refractivity contribution in [3.8, 4) is 5.75 Å². The summed E-state index contributed by atoms with van der Waals surface area (Å²) >= 11 is 0. The van der Waals surface area contributed by atoms with Crippen LogP contribution in [0.15, 0.2) is 18.2 Å². The van der Waals surface area contributed by atoms with Crippen molar-refractivity contribution in [2.45, 2.75) is 27.7 Å². The number of methoxy groups -OCH3 is 1. The first-order valence-corrected chi connectivity index (χ1v) is 5.92. The van der Waals surface area contributed by atoms with Gasteiger partial charge in [-0.3, -0.25) is 0 Å². The van der Waals surface area contributed by atoms with Crippen molar-refractivity contribution in [2.75, 3.05) is 19.0 Å². The minimum absolute atomic E-state index is 0.250. The molecule has 0 saturated carbocycles. The molecule has 0 bridgehead atoms. The fraction of sp³-hybridized carbons (Fsp3) is 0.571.